The summed E-state index contributed by atoms with van der Waals surface area (Å²) in [6.45, 7) is 4.15. The van der Waals surface area contributed by atoms with E-state index in [1.54, 1.807) is 13.3 Å². The number of hydrogen-bond acceptors (Lipinski definition) is 5. The summed E-state index contributed by atoms with van der Waals surface area (Å²) >= 11 is 1.42. The SMILES string of the molecule is COc1c(C)cnc(CNC(=O)CC2Sc3ccccc3NC2=O)c1C. The minimum absolute atomic E-state index is 0.118. The highest BCUT2D eigenvalue weighted by molar-refractivity contribution is 8.01. The quantitative estimate of drug-likeness (QED) is 0.845. The lowest BCUT2D eigenvalue weighted by molar-refractivity contribution is -0.124. The number of pyridine rings is 1. The van der Waals surface area contributed by atoms with Crippen LogP contribution in [0.4, 0.5) is 5.69 Å². The van der Waals surface area contributed by atoms with Crippen molar-refractivity contribution >= 4 is 29.3 Å². The molecule has 1 unspecified atom stereocenters. The van der Waals surface area contributed by atoms with Crippen molar-refractivity contribution in [2.75, 3.05) is 12.4 Å². The highest BCUT2D eigenvalue weighted by Crippen LogP contribution is 2.36. The summed E-state index contributed by atoms with van der Waals surface area (Å²) in [7, 11) is 1.62. The number of hydrogen-bond donors (Lipinski definition) is 2. The van der Waals surface area contributed by atoms with Crippen molar-refractivity contribution < 1.29 is 14.3 Å². The number of ether oxygens (including phenoxy) is 1. The van der Waals surface area contributed by atoms with Gasteiger partial charge in [0, 0.05) is 28.6 Å². The molecule has 2 N–H and O–H groups in total. The van der Waals surface area contributed by atoms with Crippen molar-refractivity contribution in [3.8, 4) is 5.75 Å². The molecule has 0 bridgehead atoms. The molecule has 2 heterocycles. The lowest BCUT2D eigenvalue weighted by atomic mass is 10.1. The third-order valence-electron chi connectivity index (χ3n) is 4.28. The normalized spacial score (nSPS) is 15.8. The lowest BCUT2D eigenvalue weighted by Crippen LogP contribution is -2.34. The number of rotatable bonds is 5. The second-order valence-corrected chi connectivity index (χ2v) is 7.36. The molecule has 2 amide bonds. The molecule has 0 saturated heterocycles. The van der Waals surface area contributed by atoms with Crippen LogP contribution in [0.15, 0.2) is 35.4 Å². The third-order valence-corrected chi connectivity index (χ3v) is 5.56. The molecule has 0 aliphatic carbocycles. The first kappa shape index (κ1) is 18.3. The highest BCUT2D eigenvalue weighted by Gasteiger charge is 2.28. The van der Waals surface area contributed by atoms with Gasteiger partial charge >= 0.3 is 0 Å². The molecule has 3 rings (SSSR count). The van der Waals surface area contributed by atoms with Crippen molar-refractivity contribution in [1.82, 2.24) is 10.3 Å². The molecule has 0 spiro atoms. The van der Waals surface area contributed by atoms with Crippen LogP contribution in [0.1, 0.15) is 23.2 Å². The number of thioether (sulfide) groups is 1. The van der Waals surface area contributed by atoms with Crippen LogP contribution in [0.2, 0.25) is 0 Å². The molecule has 2 aromatic rings. The van der Waals surface area contributed by atoms with E-state index in [9.17, 15) is 9.59 Å². The summed E-state index contributed by atoms with van der Waals surface area (Å²) in [5, 5.41) is 5.26. The Morgan fingerprint density at radius 3 is 2.88 bits per heavy atom. The molecule has 1 aliphatic heterocycles. The first-order valence-electron chi connectivity index (χ1n) is 8.32. The van der Waals surface area contributed by atoms with Crippen molar-refractivity contribution in [3.05, 3.63) is 47.3 Å². The van der Waals surface area contributed by atoms with E-state index in [0.29, 0.717) is 6.54 Å². The van der Waals surface area contributed by atoms with E-state index in [1.807, 2.05) is 38.1 Å². The smallest absolute Gasteiger partial charge is 0.238 e. The Balaban J connectivity index is 1.61. The Morgan fingerprint density at radius 2 is 2.12 bits per heavy atom. The maximum Gasteiger partial charge on any atom is 0.238 e. The largest absolute Gasteiger partial charge is 0.496 e. The molecule has 0 radical (unpaired) electrons. The molecule has 0 saturated carbocycles. The van der Waals surface area contributed by atoms with Crippen LogP contribution in [-0.2, 0) is 16.1 Å². The van der Waals surface area contributed by atoms with Gasteiger partial charge < -0.3 is 15.4 Å². The van der Waals surface area contributed by atoms with E-state index in [4.69, 9.17) is 4.74 Å². The average molecular weight is 371 g/mol. The molecule has 7 heteroatoms. The van der Waals surface area contributed by atoms with Crippen LogP contribution >= 0.6 is 11.8 Å². The number of aryl methyl sites for hydroxylation is 1. The average Bonchev–Trinajstić information content (AvgIpc) is 2.62. The number of methoxy groups -OCH3 is 1. The van der Waals surface area contributed by atoms with Gasteiger partial charge in [-0.2, -0.15) is 0 Å². The van der Waals surface area contributed by atoms with Crippen LogP contribution in [-0.4, -0.2) is 29.2 Å². The Kier molecular flexibility index (Phi) is 5.46. The van der Waals surface area contributed by atoms with E-state index in [0.717, 1.165) is 33.2 Å². The number of aromatic nitrogens is 1. The van der Waals surface area contributed by atoms with Crippen LogP contribution < -0.4 is 15.4 Å². The van der Waals surface area contributed by atoms with E-state index in [1.165, 1.54) is 11.8 Å². The van der Waals surface area contributed by atoms with Gasteiger partial charge in [0.15, 0.2) is 0 Å². The summed E-state index contributed by atoms with van der Waals surface area (Å²) in [4.78, 5) is 29.9. The van der Waals surface area contributed by atoms with Crippen LogP contribution in [0.25, 0.3) is 0 Å². The molecule has 1 aliphatic rings. The van der Waals surface area contributed by atoms with Gasteiger partial charge in [-0.15, -0.1) is 11.8 Å². The van der Waals surface area contributed by atoms with Gasteiger partial charge in [0.05, 0.1) is 30.3 Å². The van der Waals surface area contributed by atoms with Gasteiger partial charge in [-0.25, -0.2) is 0 Å². The third kappa shape index (κ3) is 3.83. The molecule has 136 valence electrons. The summed E-state index contributed by atoms with van der Waals surface area (Å²) in [5.74, 6) is 0.455. The highest BCUT2D eigenvalue weighted by atomic mass is 32.2. The molecule has 1 aromatic heterocycles. The zero-order chi connectivity index (χ0) is 18.7. The number of carbonyl (C=O) groups excluding carboxylic acids is 2. The number of benzene rings is 1. The first-order chi connectivity index (χ1) is 12.5. The van der Waals surface area contributed by atoms with E-state index >= 15 is 0 Å². The van der Waals surface area contributed by atoms with E-state index < -0.39 is 5.25 Å². The number of amides is 2. The van der Waals surface area contributed by atoms with Crippen molar-refractivity contribution in [2.24, 2.45) is 0 Å². The van der Waals surface area contributed by atoms with Gasteiger partial charge in [0.25, 0.3) is 0 Å². The van der Waals surface area contributed by atoms with Gasteiger partial charge in [0.1, 0.15) is 5.75 Å². The number of carbonyl (C=O) groups is 2. The minimum atomic E-state index is -0.438. The minimum Gasteiger partial charge on any atom is -0.496 e. The predicted octanol–water partition coefficient (Wildman–Crippen LogP) is 2.83. The number of fused-ring (bicyclic) bond motifs is 1. The Morgan fingerprint density at radius 1 is 1.35 bits per heavy atom. The maximum atomic E-state index is 12.3. The molecule has 26 heavy (non-hydrogen) atoms. The van der Waals surface area contributed by atoms with E-state index in [-0.39, 0.29) is 18.2 Å². The second kappa shape index (κ2) is 7.78. The number of para-hydroxylation sites is 1. The molecular formula is C19H21N3O3S. The molecule has 6 nitrogen and oxygen atoms in total. The van der Waals surface area contributed by atoms with E-state index in [2.05, 4.69) is 15.6 Å². The molecule has 1 atom stereocenters. The fraction of sp³-hybridized carbons (Fsp3) is 0.316. The summed E-state index contributed by atoms with van der Waals surface area (Å²) in [6.07, 6.45) is 1.85. The zero-order valence-corrected chi connectivity index (χ0v) is 15.8. The second-order valence-electron chi connectivity index (χ2n) is 6.12. The first-order valence-corrected chi connectivity index (χ1v) is 9.20. The Hall–Kier alpha value is -2.54. The Labute approximate surface area is 156 Å². The molecule has 1 aromatic carbocycles. The number of nitrogens with zero attached hydrogens (tertiary/aromatic N) is 1. The van der Waals surface area contributed by atoms with Gasteiger partial charge in [0.2, 0.25) is 11.8 Å². The summed E-state index contributed by atoms with van der Waals surface area (Å²) < 4.78 is 5.38. The zero-order valence-electron chi connectivity index (χ0n) is 15.0. The van der Waals surface area contributed by atoms with Crippen molar-refractivity contribution in [3.63, 3.8) is 0 Å². The lowest BCUT2D eigenvalue weighted by Gasteiger charge is -2.23. The van der Waals surface area contributed by atoms with Gasteiger partial charge in [-0.05, 0) is 26.0 Å². The van der Waals surface area contributed by atoms with Crippen molar-refractivity contribution in [2.45, 2.75) is 37.0 Å². The predicted molar refractivity (Wildman–Crippen MR) is 101 cm³/mol. The Bertz CT molecular complexity index is 854. The topological polar surface area (TPSA) is 80.3 Å². The van der Waals surface area contributed by atoms with Crippen LogP contribution in [0.3, 0.4) is 0 Å². The van der Waals surface area contributed by atoms with Crippen LogP contribution in [0, 0.1) is 13.8 Å². The van der Waals surface area contributed by atoms with Crippen LogP contribution in [0.5, 0.6) is 5.75 Å². The standard InChI is InChI=1S/C19H21N3O3S/c1-11-9-20-14(12(2)18(11)25-3)10-21-17(23)8-16-19(24)22-13-6-4-5-7-15(13)26-16/h4-7,9,16H,8,10H2,1-3H3,(H,21,23)(H,22,24). The number of nitrogens with one attached hydrogen (secondary N) is 2. The summed E-state index contributed by atoms with van der Waals surface area (Å²) in [6, 6.07) is 7.59. The van der Waals surface area contributed by atoms with Gasteiger partial charge in [-0.3, -0.25) is 14.6 Å². The fourth-order valence-electron chi connectivity index (χ4n) is 2.90. The molecular weight excluding hydrogens is 350 g/mol. The number of anilines is 1. The fourth-order valence-corrected chi connectivity index (χ4v) is 4.01. The monoisotopic (exact) mass is 371 g/mol. The van der Waals surface area contributed by atoms with Gasteiger partial charge in [-0.1, -0.05) is 12.1 Å². The molecule has 0 fully saturated rings. The maximum absolute atomic E-state index is 12.3. The summed E-state index contributed by atoms with van der Waals surface area (Å²) in [5.41, 5.74) is 3.41. The van der Waals surface area contributed by atoms with Crippen molar-refractivity contribution in [1.29, 1.82) is 0 Å².